The van der Waals surface area contributed by atoms with Crippen molar-refractivity contribution in [2.24, 2.45) is 0 Å². The minimum Gasteiger partial charge on any atom is -0.487 e. The van der Waals surface area contributed by atoms with Crippen LogP contribution in [0.2, 0.25) is 0 Å². The van der Waals surface area contributed by atoms with Gasteiger partial charge in [0.15, 0.2) is 0 Å². The standard InChI is InChI=1S/C24H18N6O2S/c1-2-21-29-30-22(31)12-17(26-24(30)33-21)14-32-18-9-7-15(8-10-18)11-16(13-25)23-27-19-5-3-4-6-20(19)28-23/h3-12H,2,14H2,1H3,(H,27,28). The first kappa shape index (κ1) is 20.6. The maximum absolute atomic E-state index is 12.3. The number of fused-ring (bicyclic) bond motifs is 2. The number of nitriles is 1. The first-order valence-corrected chi connectivity index (χ1v) is 11.1. The SMILES string of the molecule is CCc1nn2c(=O)cc(COc3ccc(C=C(C#N)c4nc5ccccc5[nH]4)cc3)nc2s1. The fourth-order valence-corrected chi connectivity index (χ4v) is 4.19. The highest BCUT2D eigenvalue weighted by Crippen LogP contribution is 2.21. The van der Waals surface area contributed by atoms with Crippen molar-refractivity contribution in [1.82, 2.24) is 24.6 Å². The normalized spacial score (nSPS) is 11.7. The lowest BCUT2D eigenvalue weighted by Crippen LogP contribution is -2.16. The number of aromatic nitrogens is 5. The second-order valence-corrected chi connectivity index (χ2v) is 8.30. The Labute approximate surface area is 192 Å². The molecule has 33 heavy (non-hydrogen) atoms. The summed E-state index contributed by atoms with van der Waals surface area (Å²) < 4.78 is 7.13. The first-order valence-electron chi connectivity index (χ1n) is 10.3. The molecular formula is C24H18N6O2S. The molecule has 8 nitrogen and oxygen atoms in total. The number of aryl methyl sites for hydroxylation is 1. The molecule has 9 heteroatoms. The van der Waals surface area contributed by atoms with Crippen molar-refractivity contribution in [1.29, 1.82) is 5.26 Å². The van der Waals surface area contributed by atoms with Crippen LogP contribution in [0.4, 0.5) is 0 Å². The van der Waals surface area contributed by atoms with Crippen LogP contribution < -0.4 is 10.3 Å². The van der Waals surface area contributed by atoms with E-state index in [2.05, 4.69) is 26.1 Å². The minimum atomic E-state index is -0.218. The van der Waals surface area contributed by atoms with Gasteiger partial charge < -0.3 is 9.72 Å². The number of benzene rings is 2. The molecule has 0 radical (unpaired) electrons. The van der Waals surface area contributed by atoms with Crippen LogP contribution in [0.1, 0.15) is 29.0 Å². The summed E-state index contributed by atoms with van der Waals surface area (Å²) >= 11 is 1.40. The van der Waals surface area contributed by atoms with E-state index in [-0.39, 0.29) is 12.2 Å². The highest BCUT2D eigenvalue weighted by molar-refractivity contribution is 7.16. The average molecular weight is 455 g/mol. The molecule has 0 saturated heterocycles. The quantitative estimate of drug-likeness (QED) is 0.385. The zero-order chi connectivity index (χ0) is 22.8. The third-order valence-corrected chi connectivity index (χ3v) is 6.04. The van der Waals surface area contributed by atoms with Gasteiger partial charge in [0.2, 0.25) is 4.96 Å². The van der Waals surface area contributed by atoms with Crippen LogP contribution in [-0.4, -0.2) is 24.6 Å². The van der Waals surface area contributed by atoms with Crippen LogP contribution in [0.3, 0.4) is 0 Å². The Kier molecular flexibility index (Phi) is 5.42. The van der Waals surface area contributed by atoms with Gasteiger partial charge in [-0.15, -0.1) is 0 Å². The monoisotopic (exact) mass is 454 g/mol. The molecule has 0 bridgehead atoms. The number of allylic oxidation sites excluding steroid dienone is 1. The lowest BCUT2D eigenvalue weighted by atomic mass is 10.1. The number of hydrogen-bond donors (Lipinski definition) is 1. The Balaban J connectivity index is 1.31. The smallest absolute Gasteiger partial charge is 0.275 e. The summed E-state index contributed by atoms with van der Waals surface area (Å²) in [4.78, 5) is 25.0. The molecule has 0 spiro atoms. The van der Waals surface area contributed by atoms with E-state index in [1.165, 1.54) is 21.9 Å². The van der Waals surface area contributed by atoms with Gasteiger partial charge >= 0.3 is 0 Å². The lowest BCUT2D eigenvalue weighted by molar-refractivity contribution is 0.301. The fourth-order valence-electron chi connectivity index (χ4n) is 3.33. The van der Waals surface area contributed by atoms with Gasteiger partial charge in [-0.25, -0.2) is 9.97 Å². The third-order valence-electron chi connectivity index (χ3n) is 4.99. The molecule has 5 aromatic rings. The van der Waals surface area contributed by atoms with Gasteiger partial charge in [-0.1, -0.05) is 42.5 Å². The van der Waals surface area contributed by atoms with Gasteiger partial charge in [0, 0.05) is 6.07 Å². The van der Waals surface area contributed by atoms with Gasteiger partial charge in [0.05, 0.1) is 22.3 Å². The molecule has 0 fully saturated rings. The molecule has 0 aliphatic carbocycles. The van der Waals surface area contributed by atoms with Crippen molar-refractivity contribution in [3.63, 3.8) is 0 Å². The Hall–Kier alpha value is -4.29. The van der Waals surface area contributed by atoms with Crippen molar-refractivity contribution in [2.45, 2.75) is 20.0 Å². The van der Waals surface area contributed by atoms with E-state index in [4.69, 9.17) is 4.74 Å². The van der Waals surface area contributed by atoms with Gasteiger partial charge in [-0.2, -0.15) is 14.9 Å². The van der Waals surface area contributed by atoms with Crippen molar-refractivity contribution in [2.75, 3.05) is 0 Å². The maximum atomic E-state index is 12.3. The number of ether oxygens (including phenoxy) is 1. The zero-order valence-corrected chi connectivity index (χ0v) is 18.5. The summed E-state index contributed by atoms with van der Waals surface area (Å²) in [5, 5.41) is 14.7. The molecule has 0 aliphatic heterocycles. The van der Waals surface area contributed by atoms with Crippen molar-refractivity contribution < 1.29 is 4.74 Å². The molecule has 3 heterocycles. The number of hydrogen-bond acceptors (Lipinski definition) is 7. The van der Waals surface area contributed by atoms with E-state index in [0.29, 0.717) is 27.8 Å². The van der Waals surface area contributed by atoms with Crippen molar-refractivity contribution in [3.8, 4) is 11.8 Å². The molecule has 0 amide bonds. The summed E-state index contributed by atoms with van der Waals surface area (Å²) in [6, 6.07) is 18.6. The van der Waals surface area contributed by atoms with Crippen molar-refractivity contribution in [3.05, 3.63) is 87.0 Å². The van der Waals surface area contributed by atoms with E-state index >= 15 is 0 Å². The Morgan fingerprint density at radius 3 is 2.79 bits per heavy atom. The predicted molar refractivity (Wildman–Crippen MR) is 127 cm³/mol. The van der Waals surface area contributed by atoms with Gasteiger partial charge in [-0.3, -0.25) is 4.79 Å². The van der Waals surface area contributed by atoms with Crippen LogP contribution >= 0.6 is 11.3 Å². The summed E-state index contributed by atoms with van der Waals surface area (Å²) in [7, 11) is 0. The summed E-state index contributed by atoms with van der Waals surface area (Å²) in [6.07, 6.45) is 2.52. The van der Waals surface area contributed by atoms with E-state index in [0.717, 1.165) is 28.0 Å². The van der Waals surface area contributed by atoms with Crippen LogP contribution in [0.15, 0.2) is 59.4 Å². The van der Waals surface area contributed by atoms with Crippen LogP contribution in [0.5, 0.6) is 5.75 Å². The molecule has 3 aromatic heterocycles. The van der Waals surface area contributed by atoms with E-state index < -0.39 is 0 Å². The van der Waals surface area contributed by atoms with Crippen molar-refractivity contribution >= 4 is 39.0 Å². The highest BCUT2D eigenvalue weighted by atomic mass is 32.1. The second kappa shape index (κ2) is 8.68. The Morgan fingerprint density at radius 2 is 2.03 bits per heavy atom. The number of imidazole rings is 1. The molecule has 1 N–H and O–H groups in total. The minimum absolute atomic E-state index is 0.169. The second-order valence-electron chi connectivity index (χ2n) is 7.26. The van der Waals surface area contributed by atoms with Crippen LogP contribution in [0, 0.1) is 11.3 Å². The zero-order valence-electron chi connectivity index (χ0n) is 17.6. The molecule has 2 aromatic carbocycles. The van der Waals surface area contributed by atoms with E-state index in [1.54, 1.807) is 6.08 Å². The number of nitrogens with one attached hydrogen (secondary N) is 1. The average Bonchev–Trinajstić information content (AvgIpc) is 3.46. The summed E-state index contributed by atoms with van der Waals surface area (Å²) in [5.41, 5.74) is 3.31. The lowest BCUT2D eigenvalue weighted by Gasteiger charge is -2.06. The molecule has 0 aliphatic rings. The van der Waals surface area contributed by atoms with Gasteiger partial charge in [0.25, 0.3) is 5.56 Å². The predicted octanol–water partition coefficient (Wildman–Crippen LogP) is 4.23. The third kappa shape index (κ3) is 4.24. The Bertz CT molecular complexity index is 1550. The number of rotatable bonds is 6. The van der Waals surface area contributed by atoms with Gasteiger partial charge in [0.1, 0.15) is 29.3 Å². The molecule has 0 atom stereocenters. The number of H-pyrrole nitrogens is 1. The number of aromatic amines is 1. The fraction of sp³-hybridized carbons (Fsp3) is 0.125. The van der Waals surface area contributed by atoms with Crippen LogP contribution in [0.25, 0.3) is 27.6 Å². The summed E-state index contributed by atoms with van der Waals surface area (Å²) in [6.45, 7) is 2.16. The molecule has 0 unspecified atom stereocenters. The molecule has 5 rings (SSSR count). The highest BCUT2D eigenvalue weighted by Gasteiger charge is 2.10. The number of nitrogens with zero attached hydrogens (tertiary/aromatic N) is 5. The van der Waals surface area contributed by atoms with E-state index in [9.17, 15) is 10.1 Å². The molecule has 162 valence electrons. The van der Waals surface area contributed by atoms with E-state index in [1.807, 2.05) is 55.5 Å². The largest absolute Gasteiger partial charge is 0.487 e. The van der Waals surface area contributed by atoms with Gasteiger partial charge in [-0.05, 0) is 42.3 Å². The van der Waals surface area contributed by atoms with Crippen LogP contribution in [-0.2, 0) is 13.0 Å². The Morgan fingerprint density at radius 1 is 1.21 bits per heavy atom. The molecular weight excluding hydrogens is 436 g/mol. The molecule has 0 saturated carbocycles. The summed E-state index contributed by atoms with van der Waals surface area (Å²) in [5.74, 6) is 1.16. The topological polar surface area (TPSA) is 109 Å². The number of para-hydroxylation sites is 2. The first-order chi connectivity index (χ1) is 16.1. The maximum Gasteiger partial charge on any atom is 0.275 e.